The summed E-state index contributed by atoms with van der Waals surface area (Å²) in [4.78, 5) is 14.9. The van der Waals surface area contributed by atoms with E-state index in [4.69, 9.17) is 0 Å². The van der Waals surface area contributed by atoms with E-state index < -0.39 is 0 Å². The lowest BCUT2D eigenvalue weighted by atomic mass is 10.0. The molecule has 0 bridgehead atoms. The smallest absolute Gasteiger partial charge is 0.239 e. The van der Waals surface area contributed by atoms with Crippen molar-refractivity contribution in [2.45, 2.75) is 40.2 Å². The highest BCUT2D eigenvalue weighted by Gasteiger charge is 2.22. The van der Waals surface area contributed by atoms with E-state index in [-0.39, 0.29) is 5.91 Å². The predicted molar refractivity (Wildman–Crippen MR) is 108 cm³/mol. The molecule has 142 valence electrons. The molecule has 0 radical (unpaired) electrons. The lowest BCUT2D eigenvalue weighted by molar-refractivity contribution is -0.117. The van der Waals surface area contributed by atoms with Crippen molar-refractivity contribution in [1.29, 1.82) is 5.26 Å². The molecule has 5 nitrogen and oxygen atoms in total. The third-order valence-corrected chi connectivity index (χ3v) is 5.49. The molecule has 1 aliphatic rings. The van der Waals surface area contributed by atoms with Crippen molar-refractivity contribution in [1.82, 2.24) is 9.47 Å². The van der Waals surface area contributed by atoms with Crippen LogP contribution in [-0.2, 0) is 11.3 Å². The Kier molecular flexibility index (Phi) is 5.98. The van der Waals surface area contributed by atoms with Crippen LogP contribution in [0.15, 0.2) is 30.3 Å². The first kappa shape index (κ1) is 19.2. The molecule has 2 aromatic rings. The minimum atomic E-state index is -0.0487. The average Bonchev–Trinajstić information content (AvgIpc) is 2.86. The van der Waals surface area contributed by atoms with Gasteiger partial charge in [-0.15, -0.1) is 0 Å². The number of likely N-dealkylation sites (tertiary alicyclic amines) is 1. The number of anilines is 1. The Morgan fingerprint density at radius 2 is 2.04 bits per heavy atom. The van der Waals surface area contributed by atoms with E-state index in [0.717, 1.165) is 36.3 Å². The van der Waals surface area contributed by atoms with E-state index in [1.54, 1.807) is 0 Å². The molecule has 1 unspecified atom stereocenters. The van der Waals surface area contributed by atoms with Crippen molar-refractivity contribution < 1.29 is 4.79 Å². The van der Waals surface area contributed by atoms with Crippen molar-refractivity contribution >= 4 is 11.7 Å². The van der Waals surface area contributed by atoms with Crippen LogP contribution in [0.3, 0.4) is 0 Å². The summed E-state index contributed by atoms with van der Waals surface area (Å²) in [5.41, 5.74) is 3.64. The number of nitriles is 1. The van der Waals surface area contributed by atoms with Gasteiger partial charge in [0.25, 0.3) is 0 Å². The van der Waals surface area contributed by atoms with Crippen LogP contribution in [-0.4, -0.2) is 35.0 Å². The lowest BCUT2D eigenvalue weighted by Gasteiger charge is -2.30. The van der Waals surface area contributed by atoms with Gasteiger partial charge in [0.15, 0.2) is 0 Å². The lowest BCUT2D eigenvalue weighted by Crippen LogP contribution is -2.40. The largest absolute Gasteiger partial charge is 0.326 e. The number of nitrogens with one attached hydrogen (secondary N) is 1. The first-order chi connectivity index (χ1) is 13.0. The Hall–Kier alpha value is -2.58. The van der Waals surface area contributed by atoms with Gasteiger partial charge >= 0.3 is 0 Å². The van der Waals surface area contributed by atoms with Gasteiger partial charge in [0, 0.05) is 18.8 Å². The molecule has 1 aromatic heterocycles. The summed E-state index contributed by atoms with van der Waals surface area (Å²) < 4.78 is 2.04. The molecule has 5 heteroatoms. The molecular weight excluding hydrogens is 336 g/mol. The number of rotatable bonds is 5. The van der Waals surface area contributed by atoms with Crippen LogP contribution in [0, 0.1) is 31.1 Å². The molecule has 2 heterocycles. The summed E-state index contributed by atoms with van der Waals surface area (Å²) >= 11 is 0. The number of piperidine rings is 1. The SMILES string of the molecule is Cc1c(C#N)c(NC(=O)CN2CCCC(C)C2)n(Cc2ccccc2)c1C. The molecule has 1 fully saturated rings. The highest BCUT2D eigenvalue weighted by Crippen LogP contribution is 2.27. The predicted octanol–water partition coefficient (Wildman–Crippen LogP) is 3.70. The first-order valence-electron chi connectivity index (χ1n) is 9.65. The fraction of sp³-hybridized carbons (Fsp3) is 0.455. The second-order valence-electron chi connectivity index (χ2n) is 7.65. The Balaban J connectivity index is 1.82. The number of benzene rings is 1. The minimum absolute atomic E-state index is 0.0487. The van der Waals surface area contributed by atoms with Gasteiger partial charge in [-0.05, 0) is 50.3 Å². The Morgan fingerprint density at radius 1 is 1.30 bits per heavy atom. The summed E-state index contributed by atoms with van der Waals surface area (Å²) in [6.07, 6.45) is 2.37. The van der Waals surface area contributed by atoms with E-state index in [0.29, 0.717) is 30.4 Å². The molecule has 1 aliphatic heterocycles. The van der Waals surface area contributed by atoms with Gasteiger partial charge in [0.2, 0.25) is 5.91 Å². The standard InChI is InChI=1S/C22H28N4O/c1-16-8-7-11-25(13-16)15-21(27)24-22-20(12-23)17(2)18(3)26(22)14-19-9-5-4-6-10-19/h4-6,9-10,16H,7-8,11,13-15H2,1-3H3,(H,24,27). The number of amides is 1. The summed E-state index contributed by atoms with van der Waals surface area (Å²) in [7, 11) is 0. The van der Waals surface area contributed by atoms with Gasteiger partial charge in [0.1, 0.15) is 11.9 Å². The van der Waals surface area contributed by atoms with Crippen LogP contribution in [0.2, 0.25) is 0 Å². The Labute approximate surface area is 161 Å². The summed E-state index contributed by atoms with van der Waals surface area (Å²) in [6, 6.07) is 12.4. The maximum atomic E-state index is 12.7. The topological polar surface area (TPSA) is 61.1 Å². The quantitative estimate of drug-likeness (QED) is 0.880. The number of carbonyl (C=O) groups is 1. The van der Waals surface area contributed by atoms with Gasteiger partial charge < -0.3 is 9.88 Å². The molecule has 1 aromatic carbocycles. The van der Waals surface area contributed by atoms with Crippen molar-refractivity contribution in [2.75, 3.05) is 25.0 Å². The highest BCUT2D eigenvalue weighted by molar-refractivity contribution is 5.93. The summed E-state index contributed by atoms with van der Waals surface area (Å²) in [5.74, 6) is 1.20. The zero-order valence-corrected chi connectivity index (χ0v) is 16.5. The normalized spacial score (nSPS) is 17.5. The van der Waals surface area contributed by atoms with E-state index >= 15 is 0 Å². The molecule has 1 amide bonds. The molecular formula is C22H28N4O. The van der Waals surface area contributed by atoms with Crippen LogP contribution in [0.25, 0.3) is 0 Å². The van der Waals surface area contributed by atoms with Gasteiger partial charge in [-0.3, -0.25) is 9.69 Å². The van der Waals surface area contributed by atoms with Crippen LogP contribution >= 0.6 is 0 Å². The van der Waals surface area contributed by atoms with Crippen LogP contribution < -0.4 is 5.32 Å². The zero-order chi connectivity index (χ0) is 19.4. The number of carbonyl (C=O) groups excluding carboxylic acids is 1. The second-order valence-corrected chi connectivity index (χ2v) is 7.65. The maximum Gasteiger partial charge on any atom is 0.239 e. The number of hydrogen-bond acceptors (Lipinski definition) is 3. The van der Waals surface area contributed by atoms with Gasteiger partial charge in [-0.2, -0.15) is 5.26 Å². The van der Waals surface area contributed by atoms with Gasteiger partial charge in [-0.1, -0.05) is 37.3 Å². The number of aromatic nitrogens is 1. The molecule has 1 N–H and O–H groups in total. The van der Waals surface area contributed by atoms with E-state index in [2.05, 4.69) is 35.3 Å². The minimum Gasteiger partial charge on any atom is -0.326 e. The van der Waals surface area contributed by atoms with Crippen LogP contribution in [0.5, 0.6) is 0 Å². The van der Waals surface area contributed by atoms with Gasteiger partial charge in [-0.25, -0.2) is 0 Å². The van der Waals surface area contributed by atoms with Crippen LogP contribution in [0.1, 0.15) is 42.1 Å². The first-order valence-corrected chi connectivity index (χ1v) is 9.65. The van der Waals surface area contributed by atoms with Crippen molar-refractivity contribution in [2.24, 2.45) is 5.92 Å². The summed E-state index contributed by atoms with van der Waals surface area (Å²) in [5, 5.41) is 12.7. The molecule has 1 atom stereocenters. The third-order valence-electron chi connectivity index (χ3n) is 5.49. The molecule has 1 saturated heterocycles. The Morgan fingerprint density at radius 3 is 2.70 bits per heavy atom. The van der Waals surface area contributed by atoms with Gasteiger partial charge in [0.05, 0.1) is 12.1 Å². The fourth-order valence-corrected chi connectivity index (χ4v) is 3.90. The summed E-state index contributed by atoms with van der Waals surface area (Å²) in [6.45, 7) is 9.11. The molecule has 0 saturated carbocycles. The average molecular weight is 364 g/mol. The third kappa shape index (κ3) is 4.40. The van der Waals surface area contributed by atoms with Crippen LogP contribution in [0.4, 0.5) is 5.82 Å². The monoisotopic (exact) mass is 364 g/mol. The van der Waals surface area contributed by atoms with Crippen molar-refractivity contribution in [3.8, 4) is 6.07 Å². The number of hydrogen-bond donors (Lipinski definition) is 1. The molecule has 27 heavy (non-hydrogen) atoms. The van der Waals surface area contributed by atoms with Crippen molar-refractivity contribution in [3.05, 3.63) is 52.7 Å². The molecule has 0 spiro atoms. The zero-order valence-electron chi connectivity index (χ0n) is 16.5. The van der Waals surface area contributed by atoms with E-state index in [1.165, 1.54) is 6.42 Å². The van der Waals surface area contributed by atoms with Crippen molar-refractivity contribution in [3.63, 3.8) is 0 Å². The Bertz CT molecular complexity index is 847. The number of nitrogens with zero attached hydrogens (tertiary/aromatic N) is 3. The van der Waals surface area contributed by atoms with E-state index in [1.807, 2.05) is 36.6 Å². The fourth-order valence-electron chi connectivity index (χ4n) is 3.90. The van der Waals surface area contributed by atoms with E-state index in [9.17, 15) is 10.1 Å². The molecule has 3 rings (SSSR count). The maximum absolute atomic E-state index is 12.7. The second kappa shape index (κ2) is 8.41. The molecule has 0 aliphatic carbocycles. The highest BCUT2D eigenvalue weighted by atomic mass is 16.2.